The van der Waals surface area contributed by atoms with Crippen molar-refractivity contribution in [2.75, 3.05) is 18.0 Å². The van der Waals surface area contributed by atoms with Gasteiger partial charge in [-0.3, -0.25) is 0 Å². The molecule has 0 spiro atoms. The van der Waals surface area contributed by atoms with Crippen LogP contribution < -0.4 is 10.6 Å². The number of nitrogens with two attached hydrogens (primary N) is 1. The minimum atomic E-state index is 0.0898. The van der Waals surface area contributed by atoms with Crippen LogP contribution >= 0.6 is 0 Å². The summed E-state index contributed by atoms with van der Waals surface area (Å²) in [5, 5.41) is 0. The van der Waals surface area contributed by atoms with Crippen molar-refractivity contribution in [1.82, 2.24) is 9.97 Å². The summed E-state index contributed by atoms with van der Waals surface area (Å²) in [5.41, 5.74) is 8.18. The summed E-state index contributed by atoms with van der Waals surface area (Å²) >= 11 is 0. The highest BCUT2D eigenvalue weighted by Crippen LogP contribution is 2.25. The van der Waals surface area contributed by atoms with Crippen LogP contribution in [0.3, 0.4) is 0 Å². The van der Waals surface area contributed by atoms with E-state index in [4.69, 9.17) is 5.73 Å². The van der Waals surface area contributed by atoms with Gasteiger partial charge in [-0.1, -0.05) is 31.5 Å². The molecule has 1 aromatic heterocycles. The van der Waals surface area contributed by atoms with Gasteiger partial charge < -0.3 is 10.6 Å². The molecule has 0 fully saturated rings. The van der Waals surface area contributed by atoms with E-state index in [1.165, 1.54) is 5.69 Å². The first-order chi connectivity index (χ1) is 9.86. The largest absolute Gasteiger partial charge is 0.362 e. The molecule has 0 aliphatic heterocycles. The summed E-state index contributed by atoms with van der Waals surface area (Å²) in [6.45, 7) is 3.72. The Morgan fingerprint density at radius 2 is 2.00 bits per heavy atom. The van der Waals surface area contributed by atoms with Crippen molar-refractivity contribution in [3.05, 3.63) is 54.6 Å². The quantitative estimate of drug-likeness (QED) is 0.840. The molecule has 1 unspecified atom stereocenters. The molecule has 0 bridgehead atoms. The lowest BCUT2D eigenvalue weighted by molar-refractivity contribution is 0.591. The van der Waals surface area contributed by atoms with E-state index in [-0.39, 0.29) is 6.04 Å². The molecule has 4 heteroatoms. The fraction of sp³-hybridized carbons (Fsp3) is 0.375. The number of benzene rings is 1. The van der Waals surface area contributed by atoms with Gasteiger partial charge in [0.25, 0.3) is 0 Å². The Morgan fingerprint density at radius 3 is 2.60 bits per heavy atom. The maximum absolute atomic E-state index is 6.01. The Labute approximate surface area is 120 Å². The van der Waals surface area contributed by atoms with E-state index in [0.29, 0.717) is 6.54 Å². The second kappa shape index (κ2) is 7.60. The van der Waals surface area contributed by atoms with Gasteiger partial charge >= 0.3 is 0 Å². The predicted octanol–water partition coefficient (Wildman–Crippen LogP) is 2.78. The second-order valence-corrected chi connectivity index (χ2v) is 4.77. The molecule has 0 aliphatic rings. The van der Waals surface area contributed by atoms with E-state index in [1.807, 2.05) is 12.1 Å². The van der Waals surface area contributed by atoms with Crippen LogP contribution in [0, 0.1) is 0 Å². The van der Waals surface area contributed by atoms with E-state index in [9.17, 15) is 0 Å². The fourth-order valence-corrected chi connectivity index (χ4v) is 2.32. The minimum Gasteiger partial charge on any atom is -0.362 e. The number of rotatable bonds is 7. The summed E-state index contributed by atoms with van der Waals surface area (Å²) < 4.78 is 0. The number of hydrogen-bond donors (Lipinski definition) is 1. The molecule has 0 saturated heterocycles. The molecule has 2 rings (SSSR count). The lowest BCUT2D eigenvalue weighted by atomic mass is 10.1. The van der Waals surface area contributed by atoms with E-state index in [2.05, 4.69) is 46.1 Å². The average Bonchev–Trinajstić information content (AvgIpc) is 2.53. The van der Waals surface area contributed by atoms with Crippen LogP contribution in [0.5, 0.6) is 0 Å². The lowest BCUT2D eigenvalue weighted by Crippen LogP contribution is -2.35. The highest BCUT2D eigenvalue weighted by atomic mass is 15.2. The highest BCUT2D eigenvalue weighted by Gasteiger charge is 2.20. The van der Waals surface area contributed by atoms with Crippen LogP contribution in [-0.4, -0.2) is 23.1 Å². The van der Waals surface area contributed by atoms with Gasteiger partial charge in [-0.2, -0.15) is 0 Å². The van der Waals surface area contributed by atoms with E-state index in [1.54, 1.807) is 12.5 Å². The van der Waals surface area contributed by atoms with Gasteiger partial charge in [0.2, 0.25) is 0 Å². The monoisotopic (exact) mass is 270 g/mol. The molecular weight excluding hydrogens is 248 g/mol. The normalized spacial score (nSPS) is 12.1. The standard InChI is InChI=1S/C16H22N4/c1-2-3-11-20(14-7-5-4-6-8-14)16(12-17)15-9-10-18-13-19-15/h4-10,13,16H,2-3,11-12,17H2,1H3. The lowest BCUT2D eigenvalue weighted by Gasteiger charge is -2.32. The molecule has 0 amide bonds. The molecule has 4 nitrogen and oxygen atoms in total. The zero-order valence-electron chi connectivity index (χ0n) is 11.9. The number of anilines is 1. The van der Waals surface area contributed by atoms with Crippen molar-refractivity contribution in [3.8, 4) is 0 Å². The Bertz CT molecular complexity index is 486. The van der Waals surface area contributed by atoms with Gasteiger partial charge in [-0.25, -0.2) is 9.97 Å². The Hall–Kier alpha value is -1.94. The molecule has 0 saturated carbocycles. The molecular formula is C16H22N4. The SMILES string of the molecule is CCCCN(c1ccccc1)C(CN)c1ccncn1. The van der Waals surface area contributed by atoms with Gasteiger partial charge in [-0.05, 0) is 24.6 Å². The third-order valence-electron chi connectivity index (χ3n) is 3.39. The van der Waals surface area contributed by atoms with Crippen LogP contribution in [-0.2, 0) is 0 Å². The third-order valence-corrected chi connectivity index (χ3v) is 3.39. The van der Waals surface area contributed by atoms with Crippen LogP contribution in [0.25, 0.3) is 0 Å². The van der Waals surface area contributed by atoms with Gasteiger partial charge in [0.05, 0.1) is 11.7 Å². The van der Waals surface area contributed by atoms with Crippen LogP contribution in [0.15, 0.2) is 48.9 Å². The van der Waals surface area contributed by atoms with E-state index < -0.39 is 0 Å². The van der Waals surface area contributed by atoms with Crippen molar-refractivity contribution in [1.29, 1.82) is 0 Å². The van der Waals surface area contributed by atoms with Crippen molar-refractivity contribution in [2.45, 2.75) is 25.8 Å². The Kier molecular flexibility index (Phi) is 5.50. The van der Waals surface area contributed by atoms with Gasteiger partial charge in [0.15, 0.2) is 0 Å². The minimum absolute atomic E-state index is 0.0898. The third kappa shape index (κ3) is 3.54. The zero-order chi connectivity index (χ0) is 14.2. The van der Waals surface area contributed by atoms with E-state index >= 15 is 0 Å². The predicted molar refractivity (Wildman–Crippen MR) is 82.5 cm³/mol. The number of unbranched alkanes of at least 4 members (excludes halogenated alkanes) is 1. The number of aromatic nitrogens is 2. The van der Waals surface area contributed by atoms with Crippen molar-refractivity contribution < 1.29 is 0 Å². The topological polar surface area (TPSA) is 55.0 Å². The van der Waals surface area contributed by atoms with Gasteiger partial charge in [-0.15, -0.1) is 0 Å². The first kappa shape index (κ1) is 14.5. The van der Waals surface area contributed by atoms with Gasteiger partial charge in [0, 0.05) is 25.0 Å². The van der Waals surface area contributed by atoms with Crippen LogP contribution in [0.4, 0.5) is 5.69 Å². The molecule has 106 valence electrons. The van der Waals surface area contributed by atoms with Crippen LogP contribution in [0.1, 0.15) is 31.5 Å². The molecule has 1 atom stereocenters. The van der Waals surface area contributed by atoms with Crippen molar-refractivity contribution in [2.24, 2.45) is 5.73 Å². The maximum Gasteiger partial charge on any atom is 0.115 e. The van der Waals surface area contributed by atoms with E-state index in [0.717, 1.165) is 25.1 Å². The smallest absolute Gasteiger partial charge is 0.115 e. The number of hydrogen-bond acceptors (Lipinski definition) is 4. The molecule has 0 aliphatic carbocycles. The summed E-state index contributed by atoms with van der Waals surface area (Å²) in [6.07, 6.45) is 5.65. The number of para-hydroxylation sites is 1. The molecule has 2 N–H and O–H groups in total. The molecule has 20 heavy (non-hydrogen) atoms. The van der Waals surface area contributed by atoms with Gasteiger partial charge in [0.1, 0.15) is 6.33 Å². The van der Waals surface area contributed by atoms with Crippen molar-refractivity contribution in [3.63, 3.8) is 0 Å². The highest BCUT2D eigenvalue weighted by molar-refractivity contribution is 5.48. The fourth-order valence-electron chi connectivity index (χ4n) is 2.32. The molecule has 1 heterocycles. The molecule has 2 aromatic rings. The Morgan fingerprint density at radius 1 is 1.20 bits per heavy atom. The summed E-state index contributed by atoms with van der Waals surface area (Å²) in [4.78, 5) is 10.7. The summed E-state index contributed by atoms with van der Waals surface area (Å²) in [7, 11) is 0. The number of nitrogens with zero attached hydrogens (tertiary/aromatic N) is 3. The van der Waals surface area contributed by atoms with Crippen molar-refractivity contribution >= 4 is 5.69 Å². The maximum atomic E-state index is 6.01. The average molecular weight is 270 g/mol. The first-order valence-electron chi connectivity index (χ1n) is 7.14. The zero-order valence-corrected chi connectivity index (χ0v) is 11.9. The first-order valence-corrected chi connectivity index (χ1v) is 7.14. The van der Waals surface area contributed by atoms with Crippen LogP contribution in [0.2, 0.25) is 0 Å². The molecule has 0 radical (unpaired) electrons. The Balaban J connectivity index is 2.29. The summed E-state index contributed by atoms with van der Waals surface area (Å²) in [6, 6.07) is 12.4. The second-order valence-electron chi connectivity index (χ2n) is 4.77. The molecule has 1 aromatic carbocycles. The summed E-state index contributed by atoms with van der Waals surface area (Å²) in [5.74, 6) is 0.